The Kier molecular flexibility index (Phi) is 5.61. The molecule has 0 aromatic heterocycles. The quantitative estimate of drug-likeness (QED) is 0.791. The Labute approximate surface area is 135 Å². The molecule has 1 aromatic rings. The summed E-state index contributed by atoms with van der Waals surface area (Å²) in [5, 5.41) is 8.90. The van der Waals surface area contributed by atoms with Crippen molar-refractivity contribution < 1.29 is 13.5 Å². The fourth-order valence-electron chi connectivity index (χ4n) is 2.15. The van der Waals surface area contributed by atoms with Crippen molar-refractivity contribution >= 4 is 41.9 Å². The standard InChI is InChI=1S/C12H16Br2N2O3S/c13-10-1-2-11(14)12(9-10)20(18,19)16-5-3-15(4-6-16)7-8-17/h1-2,9,17H,3-8H2. The van der Waals surface area contributed by atoms with Crippen LogP contribution >= 0.6 is 31.9 Å². The van der Waals surface area contributed by atoms with Gasteiger partial charge in [0.15, 0.2) is 0 Å². The van der Waals surface area contributed by atoms with Crippen LogP contribution in [0, 0.1) is 0 Å². The van der Waals surface area contributed by atoms with Gasteiger partial charge in [0.2, 0.25) is 10.0 Å². The van der Waals surface area contributed by atoms with Crippen LogP contribution in [-0.4, -0.2) is 62.1 Å². The lowest BCUT2D eigenvalue weighted by Gasteiger charge is -2.33. The minimum absolute atomic E-state index is 0.101. The number of piperazine rings is 1. The highest BCUT2D eigenvalue weighted by Crippen LogP contribution is 2.28. The molecule has 0 unspecified atom stereocenters. The second-order valence-corrected chi connectivity index (χ2v) is 8.22. The van der Waals surface area contributed by atoms with Crippen LogP contribution in [0.25, 0.3) is 0 Å². The summed E-state index contributed by atoms with van der Waals surface area (Å²) >= 11 is 6.60. The molecule has 1 N–H and O–H groups in total. The van der Waals surface area contributed by atoms with Gasteiger partial charge in [0, 0.05) is 41.7 Å². The third kappa shape index (κ3) is 3.61. The first-order valence-electron chi connectivity index (χ1n) is 6.23. The van der Waals surface area contributed by atoms with Crippen LogP contribution in [0.1, 0.15) is 0 Å². The third-order valence-corrected chi connectivity index (χ3v) is 6.64. The van der Waals surface area contributed by atoms with Crippen LogP contribution in [-0.2, 0) is 10.0 Å². The average Bonchev–Trinajstić information content (AvgIpc) is 2.42. The summed E-state index contributed by atoms with van der Waals surface area (Å²) in [7, 11) is -3.49. The summed E-state index contributed by atoms with van der Waals surface area (Å²) in [5.41, 5.74) is 0. The van der Waals surface area contributed by atoms with Crippen molar-refractivity contribution in [2.75, 3.05) is 39.3 Å². The number of benzene rings is 1. The van der Waals surface area contributed by atoms with Gasteiger partial charge in [-0.05, 0) is 34.1 Å². The van der Waals surface area contributed by atoms with Crippen LogP contribution in [0.2, 0.25) is 0 Å². The first-order valence-corrected chi connectivity index (χ1v) is 9.26. The minimum Gasteiger partial charge on any atom is -0.395 e. The molecule has 5 nitrogen and oxygen atoms in total. The smallest absolute Gasteiger partial charge is 0.244 e. The van der Waals surface area contributed by atoms with Gasteiger partial charge in [-0.15, -0.1) is 0 Å². The van der Waals surface area contributed by atoms with E-state index in [1.165, 1.54) is 4.31 Å². The molecule has 8 heteroatoms. The van der Waals surface area contributed by atoms with Gasteiger partial charge in [0.1, 0.15) is 0 Å². The van der Waals surface area contributed by atoms with Crippen molar-refractivity contribution in [1.29, 1.82) is 0 Å². The zero-order chi connectivity index (χ0) is 14.8. The highest BCUT2D eigenvalue weighted by molar-refractivity contribution is 9.11. The zero-order valence-electron chi connectivity index (χ0n) is 10.8. The highest BCUT2D eigenvalue weighted by Gasteiger charge is 2.29. The number of hydrogen-bond donors (Lipinski definition) is 1. The van der Waals surface area contributed by atoms with Gasteiger partial charge in [-0.3, -0.25) is 4.90 Å². The molecule has 0 aliphatic carbocycles. The van der Waals surface area contributed by atoms with Crippen molar-refractivity contribution in [2.24, 2.45) is 0 Å². The van der Waals surface area contributed by atoms with Gasteiger partial charge in [0.25, 0.3) is 0 Å². The second-order valence-electron chi connectivity index (χ2n) is 4.54. The topological polar surface area (TPSA) is 60.9 Å². The van der Waals surface area contributed by atoms with Crippen LogP contribution in [0.3, 0.4) is 0 Å². The number of sulfonamides is 1. The molecule has 1 saturated heterocycles. The molecule has 0 amide bonds. The molecule has 0 saturated carbocycles. The van der Waals surface area contributed by atoms with Gasteiger partial charge in [-0.1, -0.05) is 15.9 Å². The molecule has 0 atom stereocenters. The predicted molar refractivity (Wildman–Crippen MR) is 84.1 cm³/mol. The van der Waals surface area contributed by atoms with Crippen LogP contribution in [0.4, 0.5) is 0 Å². The minimum atomic E-state index is -3.49. The molecule has 0 bridgehead atoms. The zero-order valence-corrected chi connectivity index (χ0v) is 14.8. The van der Waals surface area contributed by atoms with Gasteiger partial charge in [-0.25, -0.2) is 8.42 Å². The number of hydrogen-bond acceptors (Lipinski definition) is 4. The van der Waals surface area contributed by atoms with Gasteiger partial charge in [-0.2, -0.15) is 4.31 Å². The lowest BCUT2D eigenvalue weighted by Crippen LogP contribution is -2.49. The van der Waals surface area contributed by atoms with E-state index in [9.17, 15) is 8.42 Å². The molecule has 1 aromatic carbocycles. The van der Waals surface area contributed by atoms with E-state index >= 15 is 0 Å². The molecule has 1 aliphatic heterocycles. The van der Waals surface area contributed by atoms with E-state index in [1.54, 1.807) is 18.2 Å². The van der Waals surface area contributed by atoms with Crippen molar-refractivity contribution in [1.82, 2.24) is 9.21 Å². The van der Waals surface area contributed by atoms with Crippen LogP contribution in [0.15, 0.2) is 32.0 Å². The molecule has 2 rings (SSSR count). The Hall–Kier alpha value is 0.01000. The SMILES string of the molecule is O=S(=O)(c1cc(Br)ccc1Br)N1CCN(CCO)CC1. The van der Waals surface area contributed by atoms with Gasteiger partial charge < -0.3 is 5.11 Å². The first-order chi connectivity index (χ1) is 9.45. The largest absolute Gasteiger partial charge is 0.395 e. The second kappa shape index (κ2) is 6.85. The fourth-order valence-corrected chi connectivity index (χ4v) is 5.03. The van der Waals surface area contributed by atoms with E-state index in [1.807, 2.05) is 0 Å². The molecular weight excluding hydrogens is 412 g/mol. The Morgan fingerprint density at radius 1 is 1.15 bits per heavy atom. The maximum atomic E-state index is 12.6. The van der Waals surface area contributed by atoms with Gasteiger partial charge >= 0.3 is 0 Å². The van der Waals surface area contributed by atoms with Crippen molar-refractivity contribution in [3.63, 3.8) is 0 Å². The highest BCUT2D eigenvalue weighted by atomic mass is 79.9. The van der Waals surface area contributed by atoms with E-state index in [0.717, 1.165) is 4.47 Å². The van der Waals surface area contributed by atoms with Crippen molar-refractivity contribution in [3.05, 3.63) is 27.1 Å². The van der Waals surface area contributed by atoms with E-state index in [2.05, 4.69) is 36.8 Å². The summed E-state index contributed by atoms with van der Waals surface area (Å²) in [5.74, 6) is 0. The number of aliphatic hydroxyl groups is 1. The van der Waals surface area contributed by atoms with Crippen LogP contribution < -0.4 is 0 Å². The average molecular weight is 428 g/mol. The Balaban J connectivity index is 2.18. The number of rotatable bonds is 4. The molecule has 1 aliphatic rings. The van der Waals surface area contributed by atoms with Gasteiger partial charge in [0.05, 0.1) is 11.5 Å². The fraction of sp³-hybridized carbons (Fsp3) is 0.500. The summed E-state index contributed by atoms with van der Waals surface area (Å²) in [4.78, 5) is 2.34. The number of β-amino-alcohol motifs (C(OH)–C–C–N with tert-alkyl or cyclic N) is 1. The number of nitrogens with zero attached hydrogens (tertiary/aromatic N) is 2. The predicted octanol–water partition coefficient (Wildman–Crippen LogP) is 1.51. The summed E-state index contributed by atoms with van der Waals surface area (Å²) < 4.78 is 28.1. The van der Waals surface area contributed by atoms with Crippen LogP contribution in [0.5, 0.6) is 0 Å². The molecule has 112 valence electrons. The maximum absolute atomic E-state index is 12.6. The molecule has 0 radical (unpaired) electrons. The maximum Gasteiger partial charge on any atom is 0.244 e. The molecular formula is C12H16Br2N2O3S. The Morgan fingerprint density at radius 2 is 1.80 bits per heavy atom. The Bertz CT molecular complexity index is 572. The number of halogens is 2. The third-order valence-electron chi connectivity index (χ3n) is 3.26. The summed E-state index contributed by atoms with van der Waals surface area (Å²) in [6.45, 7) is 2.87. The molecule has 20 heavy (non-hydrogen) atoms. The van der Waals surface area contributed by atoms with Crippen molar-refractivity contribution in [2.45, 2.75) is 4.90 Å². The van der Waals surface area contributed by atoms with E-state index < -0.39 is 10.0 Å². The van der Waals surface area contributed by atoms with E-state index in [-0.39, 0.29) is 11.5 Å². The monoisotopic (exact) mass is 426 g/mol. The van der Waals surface area contributed by atoms with E-state index in [0.29, 0.717) is 37.2 Å². The van der Waals surface area contributed by atoms with E-state index in [4.69, 9.17) is 5.11 Å². The Morgan fingerprint density at radius 3 is 2.40 bits per heavy atom. The first kappa shape index (κ1) is 16.4. The molecule has 1 fully saturated rings. The normalized spacial score (nSPS) is 18.4. The summed E-state index contributed by atoms with van der Waals surface area (Å²) in [6.07, 6.45) is 0. The lowest BCUT2D eigenvalue weighted by molar-refractivity contribution is 0.151. The number of aliphatic hydroxyl groups excluding tert-OH is 1. The lowest BCUT2D eigenvalue weighted by atomic mass is 10.4. The molecule has 1 heterocycles. The summed E-state index contributed by atoms with van der Waals surface area (Å²) in [6, 6.07) is 5.13. The van der Waals surface area contributed by atoms with Crippen molar-refractivity contribution in [3.8, 4) is 0 Å². The molecule has 0 spiro atoms.